The third-order valence-electron chi connectivity index (χ3n) is 5.47. The molecule has 2 rings (SSSR count). The number of alkyl carbamates (subject to hydrolysis) is 1. The molecule has 0 bridgehead atoms. The number of hydrogen-bond acceptors (Lipinski definition) is 6. The first kappa shape index (κ1) is 30.8. The van der Waals surface area contributed by atoms with Crippen LogP contribution in [0.5, 0.6) is 0 Å². The fourth-order valence-electron chi connectivity index (χ4n) is 3.69. The lowest BCUT2D eigenvalue weighted by Gasteiger charge is -2.26. The molecule has 2 aromatic rings. The van der Waals surface area contributed by atoms with E-state index >= 15 is 0 Å². The molecule has 39 heavy (non-hydrogen) atoms. The van der Waals surface area contributed by atoms with Gasteiger partial charge in [0.2, 0.25) is 11.8 Å². The Balaban J connectivity index is 2.22. The van der Waals surface area contributed by atoms with Crippen molar-refractivity contribution in [3.63, 3.8) is 0 Å². The molecule has 0 aliphatic rings. The van der Waals surface area contributed by atoms with E-state index in [2.05, 4.69) is 21.3 Å². The van der Waals surface area contributed by atoms with Crippen LogP contribution in [0.3, 0.4) is 0 Å². The molecule has 11 nitrogen and oxygen atoms in total. The number of nitrogens with two attached hydrogens (primary N) is 1. The van der Waals surface area contributed by atoms with Crippen LogP contribution in [0.15, 0.2) is 60.7 Å². The summed E-state index contributed by atoms with van der Waals surface area (Å²) in [4.78, 5) is 51.0. The number of carbonyl (C=O) groups is 4. The summed E-state index contributed by atoms with van der Waals surface area (Å²) in [5.41, 5.74) is 5.79. The Labute approximate surface area is 228 Å². The van der Waals surface area contributed by atoms with Crippen molar-refractivity contribution >= 4 is 30.2 Å². The summed E-state index contributed by atoms with van der Waals surface area (Å²) in [7, 11) is 0. The molecule has 0 aliphatic heterocycles. The first-order chi connectivity index (χ1) is 18.5. The van der Waals surface area contributed by atoms with Gasteiger partial charge in [-0.15, -0.1) is 0 Å². The number of benzene rings is 2. The van der Waals surface area contributed by atoms with Crippen molar-refractivity contribution < 1.29 is 23.9 Å². The molecule has 210 valence electrons. The number of rotatable bonds is 13. The second-order valence-electron chi connectivity index (χ2n) is 9.97. The van der Waals surface area contributed by atoms with Crippen molar-refractivity contribution in [1.29, 1.82) is 5.41 Å². The number of guanidine groups is 1. The molecule has 7 N–H and O–H groups in total. The maximum Gasteiger partial charge on any atom is 0.408 e. The normalized spacial score (nSPS) is 13.2. The Morgan fingerprint density at radius 3 is 2.13 bits per heavy atom. The maximum atomic E-state index is 13.5. The second kappa shape index (κ2) is 15.1. The van der Waals surface area contributed by atoms with Gasteiger partial charge in [-0.05, 0) is 44.7 Å². The molecule has 11 heteroatoms. The molecule has 0 saturated carbocycles. The van der Waals surface area contributed by atoms with Crippen LogP contribution in [0.2, 0.25) is 0 Å². The molecule has 0 radical (unpaired) electrons. The van der Waals surface area contributed by atoms with E-state index < -0.39 is 41.6 Å². The third-order valence-corrected chi connectivity index (χ3v) is 5.47. The van der Waals surface area contributed by atoms with Gasteiger partial charge < -0.3 is 36.5 Å². The van der Waals surface area contributed by atoms with Crippen LogP contribution >= 0.6 is 0 Å². The maximum absolute atomic E-state index is 13.5. The van der Waals surface area contributed by atoms with Gasteiger partial charge in [-0.1, -0.05) is 60.7 Å². The Morgan fingerprint density at radius 2 is 1.56 bits per heavy atom. The minimum Gasteiger partial charge on any atom is -0.444 e. The van der Waals surface area contributed by atoms with Gasteiger partial charge in [-0.3, -0.25) is 15.0 Å². The molecule has 0 fully saturated rings. The van der Waals surface area contributed by atoms with Crippen LogP contribution in [-0.2, 0) is 25.5 Å². The molecule has 0 aliphatic carbocycles. The Bertz CT molecular complexity index is 1100. The summed E-state index contributed by atoms with van der Waals surface area (Å²) in [6.07, 6.45) is 0.799. The summed E-state index contributed by atoms with van der Waals surface area (Å²) in [5, 5.41) is 17.9. The van der Waals surface area contributed by atoms with E-state index in [1.54, 1.807) is 51.1 Å². The van der Waals surface area contributed by atoms with E-state index in [1.165, 1.54) is 0 Å². The number of aldehydes is 1. The highest BCUT2D eigenvalue weighted by molar-refractivity contribution is 5.93. The fraction of sp³-hybridized carbons (Fsp3) is 0.393. The number of carbonyl (C=O) groups excluding carboxylic acids is 4. The lowest BCUT2D eigenvalue weighted by molar-refractivity contribution is -0.131. The van der Waals surface area contributed by atoms with Crippen LogP contribution < -0.4 is 27.0 Å². The highest BCUT2D eigenvalue weighted by Crippen LogP contribution is 2.16. The standard InChI is InChI=1S/C28H38N6O5/c1-28(2,3)39-27(38)34-23(20-13-8-5-9-14-20)25(37)33-22(17-19-11-6-4-7-12-19)24(36)32-21(18-35)15-10-16-31-26(29)30/h4-9,11-14,18,21-23H,10,15-17H2,1-3H3,(H,32,36)(H,33,37)(H,34,38)(H4,29,30,31)/t21-,22-,23-/m0/s1. The first-order valence-electron chi connectivity index (χ1n) is 12.7. The molecule has 0 aromatic heterocycles. The molecule has 2 aromatic carbocycles. The monoisotopic (exact) mass is 538 g/mol. The zero-order chi connectivity index (χ0) is 28.8. The van der Waals surface area contributed by atoms with Gasteiger partial charge >= 0.3 is 6.09 Å². The third kappa shape index (κ3) is 11.7. The molecule has 0 spiro atoms. The van der Waals surface area contributed by atoms with E-state index in [1.807, 2.05) is 30.3 Å². The van der Waals surface area contributed by atoms with Gasteiger partial charge in [0, 0.05) is 13.0 Å². The van der Waals surface area contributed by atoms with Crippen LogP contribution in [0.1, 0.15) is 50.8 Å². The summed E-state index contributed by atoms with van der Waals surface area (Å²) in [6.45, 7) is 5.51. The Kier molecular flexibility index (Phi) is 11.9. The fourth-order valence-corrected chi connectivity index (χ4v) is 3.69. The number of amides is 3. The topological polar surface area (TPSA) is 176 Å². The highest BCUT2D eigenvalue weighted by Gasteiger charge is 2.30. The van der Waals surface area contributed by atoms with Crippen LogP contribution in [-0.4, -0.2) is 54.4 Å². The minimum absolute atomic E-state index is 0.157. The predicted molar refractivity (Wildman–Crippen MR) is 148 cm³/mol. The van der Waals surface area contributed by atoms with Crippen molar-refractivity contribution in [1.82, 2.24) is 21.3 Å². The van der Waals surface area contributed by atoms with Crippen LogP contribution in [0, 0.1) is 5.41 Å². The summed E-state index contributed by atoms with van der Waals surface area (Å²) < 4.78 is 5.34. The van der Waals surface area contributed by atoms with E-state index in [0.717, 1.165) is 5.56 Å². The second-order valence-corrected chi connectivity index (χ2v) is 9.97. The summed E-state index contributed by atoms with van der Waals surface area (Å²) in [6, 6.07) is 14.8. The summed E-state index contributed by atoms with van der Waals surface area (Å²) in [5.74, 6) is -1.34. The van der Waals surface area contributed by atoms with Crippen LogP contribution in [0.25, 0.3) is 0 Å². The number of ether oxygens (including phenoxy) is 1. The van der Waals surface area contributed by atoms with Gasteiger partial charge in [0.05, 0.1) is 6.04 Å². The van der Waals surface area contributed by atoms with E-state index in [-0.39, 0.29) is 12.4 Å². The van der Waals surface area contributed by atoms with Crippen molar-refractivity contribution in [3.05, 3.63) is 71.8 Å². The SMILES string of the molecule is CC(C)(C)OC(=O)N[C@H](C(=O)N[C@@H](Cc1ccccc1)C(=O)N[C@H](C=O)CCCNC(=N)N)c1ccccc1. The lowest BCUT2D eigenvalue weighted by atomic mass is 10.0. The molecule has 3 atom stereocenters. The number of nitrogens with one attached hydrogen (secondary N) is 5. The first-order valence-corrected chi connectivity index (χ1v) is 12.7. The van der Waals surface area contributed by atoms with Gasteiger partial charge in [-0.2, -0.15) is 0 Å². The Morgan fingerprint density at radius 1 is 0.949 bits per heavy atom. The zero-order valence-corrected chi connectivity index (χ0v) is 22.5. The average Bonchev–Trinajstić information content (AvgIpc) is 2.88. The lowest BCUT2D eigenvalue weighted by Crippen LogP contribution is -2.53. The van der Waals surface area contributed by atoms with Gasteiger partial charge in [-0.25, -0.2) is 4.79 Å². The van der Waals surface area contributed by atoms with Gasteiger partial charge in [0.15, 0.2) is 5.96 Å². The quantitative estimate of drug-likeness (QED) is 0.0977. The molecule has 3 amide bonds. The van der Waals surface area contributed by atoms with Crippen molar-refractivity contribution in [2.45, 2.75) is 63.8 Å². The molecular weight excluding hydrogens is 500 g/mol. The smallest absolute Gasteiger partial charge is 0.408 e. The molecule has 0 saturated heterocycles. The van der Waals surface area contributed by atoms with E-state index in [4.69, 9.17) is 15.9 Å². The van der Waals surface area contributed by atoms with Gasteiger partial charge in [0.1, 0.15) is 24.0 Å². The van der Waals surface area contributed by atoms with Crippen molar-refractivity contribution in [3.8, 4) is 0 Å². The van der Waals surface area contributed by atoms with Crippen molar-refractivity contribution in [2.75, 3.05) is 6.54 Å². The summed E-state index contributed by atoms with van der Waals surface area (Å²) >= 11 is 0. The Hall–Kier alpha value is -4.41. The molecule has 0 unspecified atom stereocenters. The van der Waals surface area contributed by atoms with Crippen molar-refractivity contribution in [2.24, 2.45) is 5.73 Å². The van der Waals surface area contributed by atoms with E-state index in [0.29, 0.717) is 31.2 Å². The van der Waals surface area contributed by atoms with Gasteiger partial charge in [0.25, 0.3) is 0 Å². The minimum atomic E-state index is -1.13. The molecular formula is C28H38N6O5. The largest absolute Gasteiger partial charge is 0.444 e. The predicted octanol–water partition coefficient (Wildman–Crippen LogP) is 1.93. The zero-order valence-electron chi connectivity index (χ0n) is 22.5. The highest BCUT2D eigenvalue weighted by atomic mass is 16.6. The van der Waals surface area contributed by atoms with Crippen LogP contribution in [0.4, 0.5) is 4.79 Å². The molecule has 0 heterocycles. The number of hydrogen-bond donors (Lipinski definition) is 6. The van der Waals surface area contributed by atoms with E-state index in [9.17, 15) is 19.2 Å². The average molecular weight is 539 g/mol.